The van der Waals surface area contributed by atoms with Crippen molar-refractivity contribution in [3.05, 3.63) is 56.2 Å². The lowest BCUT2D eigenvalue weighted by molar-refractivity contribution is -0.143. The maximum Gasteiger partial charge on any atom is 0.306 e. The number of thiophene rings is 2. The fourth-order valence-corrected chi connectivity index (χ4v) is 7.32. The van der Waals surface area contributed by atoms with E-state index >= 15 is 0 Å². The number of rotatable bonds is 12. The summed E-state index contributed by atoms with van der Waals surface area (Å²) in [5.41, 5.74) is 6.93. The maximum absolute atomic E-state index is 12.4. The Hall–Kier alpha value is -3.73. The van der Waals surface area contributed by atoms with Gasteiger partial charge in [0, 0.05) is 22.2 Å². The molecule has 0 bridgehead atoms. The number of hydrogen-bond donors (Lipinski definition) is 0. The quantitative estimate of drug-likeness (QED) is 0.0600. The third-order valence-electron chi connectivity index (χ3n) is 6.91. The molecule has 0 aliphatic carbocycles. The fourth-order valence-electron chi connectivity index (χ4n) is 4.21. The highest BCUT2D eigenvalue weighted by molar-refractivity contribution is 9.10. The summed E-state index contributed by atoms with van der Waals surface area (Å²) in [6, 6.07) is 11.4. The molecule has 0 saturated carbocycles. The molecule has 53 heavy (non-hydrogen) atoms. The van der Waals surface area contributed by atoms with Gasteiger partial charge >= 0.3 is 11.9 Å². The molecule has 2 heterocycles. The predicted molar refractivity (Wildman–Crippen MR) is 227 cm³/mol. The van der Waals surface area contributed by atoms with Gasteiger partial charge in [0.25, 0.3) is 0 Å². The van der Waals surface area contributed by atoms with Gasteiger partial charge in [-0.3, -0.25) is 19.2 Å². The van der Waals surface area contributed by atoms with Gasteiger partial charge in [-0.2, -0.15) is 0 Å². The van der Waals surface area contributed by atoms with Crippen molar-refractivity contribution in [3.63, 3.8) is 0 Å². The van der Waals surface area contributed by atoms with E-state index in [1.807, 2.05) is 36.4 Å². The summed E-state index contributed by atoms with van der Waals surface area (Å²) in [6.45, 7) is 17.2. The molecular formula is C40H49BrO8S2Si2. The molecular weight excluding hydrogens is 809 g/mol. The van der Waals surface area contributed by atoms with Gasteiger partial charge in [-0.05, 0) is 76.9 Å². The Morgan fingerprint density at radius 1 is 0.679 bits per heavy atom. The summed E-state index contributed by atoms with van der Waals surface area (Å²) in [6.07, 6.45) is 5.67. The number of carbonyl (C=O) groups is 4. The van der Waals surface area contributed by atoms with Gasteiger partial charge in [0.05, 0.1) is 60.1 Å². The Morgan fingerprint density at radius 3 is 1.51 bits per heavy atom. The molecule has 2 aromatic heterocycles. The van der Waals surface area contributed by atoms with E-state index in [0.29, 0.717) is 23.0 Å². The summed E-state index contributed by atoms with van der Waals surface area (Å²) in [7, 11) is 0.627. The molecule has 8 nitrogen and oxygen atoms in total. The first-order valence-corrected chi connectivity index (χ1v) is 26.5. The molecule has 13 heteroatoms. The van der Waals surface area contributed by atoms with Gasteiger partial charge < -0.3 is 18.9 Å². The lowest BCUT2D eigenvalue weighted by Gasteiger charge is -2.06. The van der Waals surface area contributed by atoms with Crippen molar-refractivity contribution in [1.29, 1.82) is 0 Å². The number of methoxy groups -OCH3 is 2. The SMILES string of the molecule is C#C[Si](C)(C)C.CCOC(=O)CCC(=O)c1cc2cc(Br)c(OC)cc2s1.CCOC(=O)CCC(=O)c1cc2cc(C#C[Si](C)(C)C)c(OC)cc2s1. The molecule has 0 N–H and O–H groups in total. The Balaban J connectivity index is 0.000000323. The number of halogens is 1. The average molecular weight is 858 g/mol. The number of carbonyl (C=O) groups excluding carboxylic acids is 4. The Bertz CT molecular complexity index is 2020. The standard InChI is InChI=1S/C20H24O4SSi.C15H15BrO4S.C5H10Si/c1-6-24-20(22)8-7-16(21)19-12-15-11-14(9-10-26(3,4)5)17(23-2)13-18(15)25-19;1-3-20-15(18)5-4-11(17)14-7-9-6-10(16)12(19-2)8-13(9)21-14;1-5-6(2,3)4/h11-13H,6-8H2,1-5H3;6-8H,3-5H2,1-2H3;1H,2-4H3. The van der Waals surface area contributed by atoms with Crippen LogP contribution in [-0.2, 0) is 19.1 Å². The summed E-state index contributed by atoms with van der Waals surface area (Å²) in [5, 5.41) is 1.95. The topological polar surface area (TPSA) is 105 Å². The number of ketones is 2. The second-order valence-electron chi connectivity index (χ2n) is 13.7. The smallest absolute Gasteiger partial charge is 0.306 e. The van der Waals surface area contributed by atoms with Crippen molar-refractivity contribution >= 4 is 98.4 Å². The van der Waals surface area contributed by atoms with Crippen LogP contribution in [0.2, 0.25) is 39.3 Å². The normalized spacial score (nSPS) is 10.8. The molecule has 0 aliphatic heterocycles. The van der Waals surface area contributed by atoms with Crippen LogP contribution >= 0.6 is 38.6 Å². The zero-order valence-corrected chi connectivity index (χ0v) is 37.5. The number of ether oxygens (including phenoxy) is 4. The molecule has 0 unspecified atom stereocenters. The molecule has 0 fully saturated rings. The van der Waals surface area contributed by atoms with Crippen molar-refractivity contribution in [2.45, 2.75) is 78.8 Å². The molecule has 4 aromatic rings. The first-order chi connectivity index (χ1) is 24.8. The van der Waals surface area contributed by atoms with Crippen LogP contribution in [0.25, 0.3) is 20.2 Å². The molecule has 2 aromatic carbocycles. The Labute approximate surface area is 332 Å². The highest BCUT2D eigenvalue weighted by Gasteiger charge is 2.17. The van der Waals surface area contributed by atoms with Gasteiger partial charge in [-0.1, -0.05) is 45.2 Å². The van der Waals surface area contributed by atoms with Crippen molar-refractivity contribution in [1.82, 2.24) is 0 Å². The minimum Gasteiger partial charge on any atom is -0.496 e. The lowest BCUT2D eigenvalue weighted by atomic mass is 10.1. The van der Waals surface area contributed by atoms with Crippen LogP contribution in [-0.4, -0.2) is 67.1 Å². The van der Waals surface area contributed by atoms with E-state index in [4.69, 9.17) is 25.4 Å². The van der Waals surface area contributed by atoms with E-state index in [9.17, 15) is 19.2 Å². The van der Waals surface area contributed by atoms with Crippen LogP contribution in [0.4, 0.5) is 0 Å². The minimum absolute atomic E-state index is 0.0423. The summed E-state index contributed by atoms with van der Waals surface area (Å²) in [5.74, 6) is 3.92. The van der Waals surface area contributed by atoms with Crippen LogP contribution in [0, 0.1) is 23.4 Å². The number of esters is 2. The van der Waals surface area contributed by atoms with E-state index in [1.165, 1.54) is 22.7 Å². The predicted octanol–water partition coefficient (Wildman–Crippen LogP) is 10.4. The van der Waals surface area contributed by atoms with Gasteiger partial charge in [0.2, 0.25) is 0 Å². The molecule has 0 spiro atoms. The average Bonchev–Trinajstić information content (AvgIpc) is 3.71. The molecule has 0 atom stereocenters. The van der Waals surface area contributed by atoms with Crippen LogP contribution in [0.3, 0.4) is 0 Å². The Morgan fingerprint density at radius 2 is 1.11 bits per heavy atom. The number of Topliss-reactive ketones (excluding diaryl/α,β-unsaturated/α-hetero) is 2. The van der Waals surface area contributed by atoms with Crippen LogP contribution in [0.15, 0.2) is 40.9 Å². The van der Waals surface area contributed by atoms with Crippen molar-refractivity contribution in [2.24, 2.45) is 0 Å². The Kier molecular flexibility index (Phi) is 18.2. The fraction of sp³-hybridized carbons (Fsp3) is 0.400. The van der Waals surface area contributed by atoms with Crippen LogP contribution < -0.4 is 9.47 Å². The summed E-state index contributed by atoms with van der Waals surface area (Å²) >= 11 is 6.24. The van der Waals surface area contributed by atoms with Crippen molar-refractivity contribution in [3.8, 4) is 34.9 Å². The van der Waals surface area contributed by atoms with E-state index in [0.717, 1.165) is 41.7 Å². The highest BCUT2D eigenvalue weighted by Crippen LogP contribution is 2.36. The summed E-state index contributed by atoms with van der Waals surface area (Å²) in [4.78, 5) is 48.5. The number of hydrogen-bond acceptors (Lipinski definition) is 10. The molecule has 0 aliphatic rings. The molecule has 4 rings (SSSR count). The molecule has 0 radical (unpaired) electrons. The van der Waals surface area contributed by atoms with Crippen molar-refractivity contribution < 1.29 is 38.1 Å². The molecule has 0 amide bonds. The largest absolute Gasteiger partial charge is 0.496 e. The lowest BCUT2D eigenvalue weighted by Crippen LogP contribution is -2.16. The number of terminal acetylenes is 1. The maximum atomic E-state index is 12.4. The first kappa shape index (κ1) is 45.4. The van der Waals surface area contributed by atoms with Crippen LogP contribution in [0.5, 0.6) is 11.5 Å². The van der Waals surface area contributed by atoms with E-state index < -0.39 is 16.1 Å². The highest BCUT2D eigenvalue weighted by atomic mass is 79.9. The third-order valence-corrected chi connectivity index (χ3v) is 11.5. The van der Waals surface area contributed by atoms with Gasteiger partial charge in [-0.15, -0.1) is 40.2 Å². The second-order valence-corrected chi connectivity index (χ2v) is 26.2. The van der Waals surface area contributed by atoms with E-state index in [1.54, 1.807) is 28.1 Å². The van der Waals surface area contributed by atoms with Gasteiger partial charge in [0.15, 0.2) is 11.6 Å². The third kappa shape index (κ3) is 15.6. The number of benzene rings is 2. The van der Waals surface area contributed by atoms with Gasteiger partial charge in [0.1, 0.15) is 27.6 Å². The first-order valence-electron chi connectivity index (χ1n) is 17.1. The van der Waals surface area contributed by atoms with Crippen LogP contribution in [0.1, 0.15) is 64.4 Å². The zero-order valence-electron chi connectivity index (χ0n) is 32.2. The van der Waals surface area contributed by atoms with Crippen molar-refractivity contribution in [2.75, 3.05) is 27.4 Å². The van der Waals surface area contributed by atoms with Gasteiger partial charge in [-0.25, -0.2) is 0 Å². The monoisotopic (exact) mass is 856 g/mol. The minimum atomic E-state index is -1.50. The van der Waals surface area contributed by atoms with E-state index in [-0.39, 0.29) is 49.2 Å². The zero-order chi connectivity index (χ0) is 39.9. The molecule has 284 valence electrons. The second kappa shape index (κ2) is 21.2. The van der Waals surface area contributed by atoms with E-state index in [2.05, 4.69) is 72.2 Å². The number of fused-ring (bicyclic) bond motifs is 2. The summed E-state index contributed by atoms with van der Waals surface area (Å²) < 4.78 is 23.2. The molecule has 0 saturated heterocycles.